The molecule has 0 saturated carbocycles. The summed E-state index contributed by atoms with van der Waals surface area (Å²) in [6.07, 6.45) is -1.20. The van der Waals surface area contributed by atoms with Crippen LogP contribution in [0.4, 0.5) is 9.59 Å². The number of guanidine groups is 2. The van der Waals surface area contributed by atoms with E-state index in [1.165, 1.54) is 0 Å². The lowest BCUT2D eigenvalue weighted by atomic mass is 10.5. The van der Waals surface area contributed by atoms with E-state index in [4.69, 9.17) is 16.9 Å². The van der Waals surface area contributed by atoms with Crippen LogP contribution in [0.25, 0.3) is 0 Å². The largest absolute Gasteiger partial charge is 0.370 e. The molecular weight excluding hydrogens is 232 g/mol. The Morgan fingerprint density at radius 1 is 1.41 bits per heavy atom. The SMILES string of the molecule is N=C(N=C(N)N)NC(=O)NC1NC(=O)NC1=O. The van der Waals surface area contributed by atoms with Crippen molar-refractivity contribution in [2.45, 2.75) is 6.17 Å². The van der Waals surface area contributed by atoms with Crippen LogP contribution in [0.15, 0.2) is 4.99 Å². The maximum absolute atomic E-state index is 11.2. The standard InChI is InChI=1S/C6H10N8O3/c7-3(8)13-4(9)14-6(17)11-1-2(15)12-5(16)10-1/h1H,(H2,10,12,15,16)(H7,7,8,9,11,13,14,17). The highest BCUT2D eigenvalue weighted by Crippen LogP contribution is 1.88. The highest BCUT2D eigenvalue weighted by Gasteiger charge is 2.30. The molecule has 1 aliphatic rings. The van der Waals surface area contributed by atoms with Crippen LogP contribution in [0.5, 0.6) is 0 Å². The summed E-state index contributed by atoms with van der Waals surface area (Å²) in [5.74, 6) is -1.71. The first kappa shape index (κ1) is 12.2. The van der Waals surface area contributed by atoms with E-state index >= 15 is 0 Å². The molecule has 0 aromatic carbocycles. The summed E-state index contributed by atoms with van der Waals surface area (Å²) in [5, 5.41) is 15.1. The highest BCUT2D eigenvalue weighted by molar-refractivity contribution is 6.06. The molecule has 1 heterocycles. The van der Waals surface area contributed by atoms with Crippen LogP contribution in [0.3, 0.4) is 0 Å². The van der Waals surface area contributed by atoms with E-state index in [2.05, 4.69) is 15.6 Å². The Morgan fingerprint density at radius 3 is 2.53 bits per heavy atom. The lowest BCUT2D eigenvalue weighted by Crippen LogP contribution is -2.51. The minimum Gasteiger partial charge on any atom is -0.370 e. The maximum Gasteiger partial charge on any atom is 0.323 e. The molecule has 1 atom stereocenters. The zero-order valence-corrected chi connectivity index (χ0v) is 8.40. The average Bonchev–Trinajstić information content (AvgIpc) is 2.42. The van der Waals surface area contributed by atoms with E-state index in [-0.39, 0.29) is 0 Å². The van der Waals surface area contributed by atoms with Gasteiger partial charge in [-0.3, -0.25) is 20.8 Å². The quantitative estimate of drug-likeness (QED) is 0.143. The smallest absolute Gasteiger partial charge is 0.323 e. The van der Waals surface area contributed by atoms with Crippen LogP contribution in [0.1, 0.15) is 0 Å². The van der Waals surface area contributed by atoms with Gasteiger partial charge in [0.1, 0.15) is 0 Å². The monoisotopic (exact) mass is 242 g/mol. The fraction of sp³-hybridized carbons (Fsp3) is 0.167. The van der Waals surface area contributed by atoms with Crippen molar-refractivity contribution < 1.29 is 14.4 Å². The second-order valence-corrected chi connectivity index (χ2v) is 2.88. The molecule has 0 spiro atoms. The second-order valence-electron chi connectivity index (χ2n) is 2.88. The highest BCUT2D eigenvalue weighted by atomic mass is 16.2. The van der Waals surface area contributed by atoms with E-state index in [9.17, 15) is 14.4 Å². The number of carbonyl (C=O) groups excluding carboxylic acids is 3. The molecule has 1 fully saturated rings. The van der Waals surface area contributed by atoms with E-state index < -0.39 is 36.1 Å². The third-order valence-electron chi connectivity index (χ3n) is 1.52. The molecule has 0 radical (unpaired) electrons. The van der Waals surface area contributed by atoms with Gasteiger partial charge in [-0.1, -0.05) is 0 Å². The Labute approximate surface area is 94.5 Å². The molecule has 0 aromatic rings. The number of aliphatic imine (C=N–C) groups is 1. The zero-order valence-electron chi connectivity index (χ0n) is 8.40. The van der Waals surface area contributed by atoms with Gasteiger partial charge >= 0.3 is 12.1 Å². The lowest BCUT2D eigenvalue weighted by molar-refractivity contribution is -0.120. The molecule has 1 aliphatic heterocycles. The van der Waals surface area contributed by atoms with Gasteiger partial charge in [0, 0.05) is 0 Å². The molecule has 0 aliphatic carbocycles. The average molecular weight is 242 g/mol. The first-order valence-corrected chi connectivity index (χ1v) is 4.25. The summed E-state index contributed by atoms with van der Waals surface area (Å²) < 4.78 is 0. The molecule has 5 amide bonds. The first-order valence-electron chi connectivity index (χ1n) is 4.25. The van der Waals surface area contributed by atoms with Crippen molar-refractivity contribution in [3.8, 4) is 0 Å². The van der Waals surface area contributed by atoms with Crippen LogP contribution >= 0.6 is 0 Å². The molecule has 92 valence electrons. The fourth-order valence-corrected chi connectivity index (χ4v) is 0.950. The van der Waals surface area contributed by atoms with Gasteiger partial charge in [-0.15, -0.1) is 0 Å². The van der Waals surface area contributed by atoms with E-state index in [0.717, 1.165) is 0 Å². The number of nitrogens with two attached hydrogens (primary N) is 2. The van der Waals surface area contributed by atoms with E-state index in [0.29, 0.717) is 0 Å². The molecular formula is C6H10N8O3. The van der Waals surface area contributed by atoms with Crippen molar-refractivity contribution in [2.75, 3.05) is 0 Å². The second kappa shape index (κ2) is 4.78. The molecule has 11 heteroatoms. The van der Waals surface area contributed by atoms with Gasteiger partial charge in [0.05, 0.1) is 0 Å². The van der Waals surface area contributed by atoms with Gasteiger partial charge < -0.3 is 22.1 Å². The van der Waals surface area contributed by atoms with Crippen molar-refractivity contribution in [3.05, 3.63) is 0 Å². The molecule has 17 heavy (non-hydrogen) atoms. The number of carbonyl (C=O) groups is 3. The summed E-state index contributed by atoms with van der Waals surface area (Å²) in [6.45, 7) is 0. The minimum absolute atomic E-state index is 0.401. The van der Waals surface area contributed by atoms with Crippen molar-refractivity contribution in [1.82, 2.24) is 21.3 Å². The molecule has 1 unspecified atom stereocenters. The Bertz CT molecular complexity index is 411. The zero-order chi connectivity index (χ0) is 13.0. The predicted molar refractivity (Wildman–Crippen MR) is 55.7 cm³/mol. The molecule has 0 bridgehead atoms. The van der Waals surface area contributed by atoms with E-state index in [1.807, 2.05) is 10.6 Å². The van der Waals surface area contributed by atoms with Gasteiger partial charge in [-0.25, -0.2) is 9.59 Å². The van der Waals surface area contributed by atoms with Gasteiger partial charge in [0.25, 0.3) is 5.91 Å². The van der Waals surface area contributed by atoms with Crippen molar-refractivity contribution in [2.24, 2.45) is 16.5 Å². The van der Waals surface area contributed by atoms with Crippen LogP contribution in [0.2, 0.25) is 0 Å². The third kappa shape index (κ3) is 3.65. The topological polar surface area (TPSA) is 188 Å². The Morgan fingerprint density at radius 2 is 2.06 bits per heavy atom. The normalized spacial score (nSPS) is 17.8. The summed E-state index contributed by atoms with van der Waals surface area (Å²) in [6, 6.07) is -1.64. The Kier molecular flexibility index (Phi) is 3.44. The van der Waals surface area contributed by atoms with Gasteiger partial charge in [0.15, 0.2) is 12.1 Å². The van der Waals surface area contributed by atoms with Gasteiger partial charge in [0.2, 0.25) is 5.96 Å². The maximum atomic E-state index is 11.2. The predicted octanol–water partition coefficient (Wildman–Crippen LogP) is -3.34. The van der Waals surface area contributed by atoms with Crippen LogP contribution in [-0.4, -0.2) is 36.1 Å². The number of rotatable bonds is 1. The molecule has 1 saturated heterocycles. The molecule has 0 aromatic heterocycles. The number of imide groups is 1. The van der Waals surface area contributed by atoms with E-state index in [1.54, 1.807) is 0 Å². The number of amides is 5. The number of hydrogen-bond acceptors (Lipinski definition) is 4. The fourth-order valence-electron chi connectivity index (χ4n) is 0.950. The Hall–Kier alpha value is -2.85. The first-order chi connectivity index (χ1) is 7.88. The van der Waals surface area contributed by atoms with Gasteiger partial charge in [-0.05, 0) is 0 Å². The van der Waals surface area contributed by atoms with Crippen LogP contribution < -0.4 is 32.7 Å². The van der Waals surface area contributed by atoms with Crippen LogP contribution in [0, 0.1) is 5.41 Å². The summed E-state index contributed by atoms with van der Waals surface area (Å²) >= 11 is 0. The molecule has 11 nitrogen and oxygen atoms in total. The molecule has 1 rings (SSSR count). The molecule has 9 N–H and O–H groups in total. The van der Waals surface area contributed by atoms with Gasteiger partial charge in [-0.2, -0.15) is 4.99 Å². The number of urea groups is 2. The Balaban J connectivity index is 2.45. The summed E-state index contributed by atoms with van der Waals surface area (Å²) in [5.41, 5.74) is 9.93. The summed E-state index contributed by atoms with van der Waals surface area (Å²) in [4.78, 5) is 36.1. The third-order valence-corrected chi connectivity index (χ3v) is 1.52. The minimum atomic E-state index is -1.20. The number of hydrogen-bond donors (Lipinski definition) is 7. The number of nitrogens with one attached hydrogen (secondary N) is 5. The number of nitrogens with zero attached hydrogens (tertiary/aromatic N) is 1. The van der Waals surface area contributed by atoms with Crippen LogP contribution in [-0.2, 0) is 4.79 Å². The summed E-state index contributed by atoms with van der Waals surface area (Å²) in [7, 11) is 0. The van der Waals surface area contributed by atoms with Crippen molar-refractivity contribution >= 4 is 29.9 Å². The van der Waals surface area contributed by atoms with Crippen molar-refractivity contribution in [3.63, 3.8) is 0 Å². The lowest BCUT2D eigenvalue weighted by Gasteiger charge is -2.09. The van der Waals surface area contributed by atoms with Crippen molar-refractivity contribution in [1.29, 1.82) is 5.41 Å².